The van der Waals surface area contributed by atoms with Crippen molar-refractivity contribution in [2.45, 2.75) is 19.3 Å². The molecule has 1 saturated heterocycles. The molecule has 0 aliphatic carbocycles. The van der Waals surface area contributed by atoms with Crippen molar-refractivity contribution in [1.29, 1.82) is 0 Å². The number of nitrogens with zero attached hydrogens (tertiary/aromatic N) is 4. The number of nitrogens with one attached hydrogen (secondary N) is 1. The number of carbonyl (C=O) groups is 4. The van der Waals surface area contributed by atoms with Crippen LogP contribution in [0.1, 0.15) is 19.3 Å². The fourth-order valence-electron chi connectivity index (χ4n) is 3.66. The van der Waals surface area contributed by atoms with E-state index in [0.29, 0.717) is 32.7 Å². The Balaban J connectivity index is 0.0000116. The van der Waals surface area contributed by atoms with Crippen LogP contribution < -0.4 is 20.6 Å². The summed E-state index contributed by atoms with van der Waals surface area (Å²) in [7, 11) is 0. The van der Waals surface area contributed by atoms with Crippen LogP contribution in [0.25, 0.3) is 0 Å². The minimum atomic E-state index is -1.27. The van der Waals surface area contributed by atoms with Gasteiger partial charge >= 0.3 is 39.9 Å². The number of amides is 1. The molecule has 14 heteroatoms. The predicted molar refractivity (Wildman–Crippen MR) is 121 cm³/mol. The minimum Gasteiger partial charge on any atom is -0.549 e. The van der Waals surface area contributed by atoms with Crippen molar-refractivity contribution >= 4 is 36.4 Å². The average Bonchev–Trinajstić information content (AvgIpc) is 2.74. The number of unbranched alkanes of at least 4 members (excludes halogenated alkanes) is 2. The molecular formula is C21H36GdN5O7S. The first-order valence-electron chi connectivity index (χ1n) is 11.6. The van der Waals surface area contributed by atoms with Crippen LogP contribution in [0.15, 0.2) is 0 Å². The van der Waals surface area contributed by atoms with Crippen LogP contribution in [0.2, 0.25) is 0 Å². The van der Waals surface area contributed by atoms with Crippen molar-refractivity contribution in [3.8, 4) is 0 Å². The molecule has 0 spiro atoms. The van der Waals surface area contributed by atoms with Crippen molar-refractivity contribution in [3.63, 3.8) is 0 Å². The van der Waals surface area contributed by atoms with Gasteiger partial charge in [0.2, 0.25) is 5.91 Å². The van der Waals surface area contributed by atoms with Gasteiger partial charge in [-0.3, -0.25) is 24.4 Å². The van der Waals surface area contributed by atoms with E-state index in [1.165, 1.54) is 0 Å². The van der Waals surface area contributed by atoms with E-state index in [9.17, 15) is 34.5 Å². The zero-order valence-electron chi connectivity index (χ0n) is 20.0. The van der Waals surface area contributed by atoms with Gasteiger partial charge in [-0.2, -0.15) is 12.6 Å². The average molecular weight is 660 g/mol. The van der Waals surface area contributed by atoms with Crippen molar-refractivity contribution in [2.75, 3.05) is 90.8 Å². The first-order valence-corrected chi connectivity index (χ1v) is 12.2. The summed E-state index contributed by atoms with van der Waals surface area (Å²) in [4.78, 5) is 52.6. The molecule has 201 valence electrons. The Morgan fingerprint density at radius 2 is 0.943 bits per heavy atom. The third-order valence-corrected chi connectivity index (χ3v) is 5.83. The van der Waals surface area contributed by atoms with Gasteiger partial charge in [-0.25, -0.2) is 0 Å². The molecule has 0 saturated carbocycles. The summed E-state index contributed by atoms with van der Waals surface area (Å²) >= 11 is 4.16. The Hall–Kier alpha value is -0.605. The third kappa shape index (κ3) is 18.3. The maximum absolute atomic E-state index is 12.4. The summed E-state index contributed by atoms with van der Waals surface area (Å²) in [5.41, 5.74) is 0. The van der Waals surface area contributed by atoms with Crippen LogP contribution in [-0.2, 0) is 19.2 Å². The number of rotatable bonds is 13. The summed E-state index contributed by atoms with van der Waals surface area (Å²) in [5.74, 6) is -3.12. The van der Waals surface area contributed by atoms with E-state index in [-0.39, 0.29) is 98.2 Å². The zero-order chi connectivity index (χ0) is 25.3. The van der Waals surface area contributed by atoms with Gasteiger partial charge < -0.3 is 35.0 Å². The summed E-state index contributed by atoms with van der Waals surface area (Å²) in [6, 6.07) is 0. The molecule has 35 heavy (non-hydrogen) atoms. The van der Waals surface area contributed by atoms with Gasteiger partial charge in [0.1, 0.15) is 0 Å². The number of hydrogen-bond donors (Lipinski definition) is 2. The van der Waals surface area contributed by atoms with Crippen LogP contribution >= 0.6 is 12.6 Å². The predicted octanol–water partition coefficient (Wildman–Crippen LogP) is -5.33. The minimum absolute atomic E-state index is 0. The molecule has 1 heterocycles. The normalized spacial score (nSPS) is 17.5. The molecule has 0 aromatic carbocycles. The summed E-state index contributed by atoms with van der Waals surface area (Å²) < 4.78 is 0. The van der Waals surface area contributed by atoms with Gasteiger partial charge in [0, 0.05) is 78.5 Å². The second-order valence-corrected chi connectivity index (χ2v) is 8.80. The van der Waals surface area contributed by atoms with E-state index >= 15 is 0 Å². The van der Waals surface area contributed by atoms with E-state index in [1.807, 2.05) is 4.90 Å². The number of carbonyl (C=O) groups excluding carboxylic acids is 4. The maximum Gasteiger partial charge on any atom is 3.00 e. The maximum atomic E-state index is 12.4. The molecule has 1 rings (SSSR count). The van der Waals surface area contributed by atoms with E-state index in [4.69, 9.17) is 0 Å². The molecule has 0 aromatic heterocycles. The largest absolute Gasteiger partial charge is 3.00 e. The summed E-state index contributed by atoms with van der Waals surface area (Å²) in [6.45, 7) is 2.12. The number of thiol groups is 1. The number of carboxylic acid groups (broad SMARTS) is 3. The van der Waals surface area contributed by atoms with Crippen molar-refractivity contribution in [3.05, 3.63) is 0 Å². The number of carboxylic acids is 3. The fraction of sp³-hybridized carbons (Fsp3) is 0.810. The Labute approximate surface area is 244 Å². The SMILES string of the molecule is O=C([O-])CN1CCN(CC(=O)[O-])CCN(CC(=O)NCCCCCS)CCN(CC(=O)[O-])CC1.[Gd+3]. The van der Waals surface area contributed by atoms with Crippen LogP contribution in [0.3, 0.4) is 0 Å². The molecule has 1 fully saturated rings. The fourth-order valence-corrected chi connectivity index (χ4v) is 3.88. The molecule has 1 amide bonds. The van der Waals surface area contributed by atoms with Gasteiger partial charge in [0.05, 0.1) is 24.5 Å². The van der Waals surface area contributed by atoms with Crippen LogP contribution in [-0.4, -0.2) is 134 Å². The smallest absolute Gasteiger partial charge is 0.549 e. The topological polar surface area (TPSA) is 162 Å². The molecule has 1 aliphatic heterocycles. The van der Waals surface area contributed by atoms with Crippen molar-refractivity contribution in [2.24, 2.45) is 0 Å². The molecule has 0 bridgehead atoms. The van der Waals surface area contributed by atoms with Crippen LogP contribution in [0.5, 0.6) is 0 Å². The molecule has 1 aliphatic rings. The van der Waals surface area contributed by atoms with Crippen molar-refractivity contribution in [1.82, 2.24) is 24.9 Å². The zero-order valence-corrected chi connectivity index (χ0v) is 23.1. The second-order valence-electron chi connectivity index (χ2n) is 8.35. The quantitative estimate of drug-likeness (QED) is 0.144. The number of aliphatic carboxylic acids is 3. The molecular weight excluding hydrogens is 624 g/mol. The van der Waals surface area contributed by atoms with Crippen molar-refractivity contribution < 1.29 is 74.4 Å². The molecule has 1 N–H and O–H groups in total. The van der Waals surface area contributed by atoms with Gasteiger partial charge in [0.25, 0.3) is 0 Å². The molecule has 12 nitrogen and oxygen atoms in total. The van der Waals surface area contributed by atoms with Gasteiger partial charge in [-0.1, -0.05) is 6.42 Å². The Morgan fingerprint density at radius 3 is 1.26 bits per heavy atom. The first kappa shape index (κ1) is 34.4. The third-order valence-electron chi connectivity index (χ3n) is 5.51. The molecule has 0 atom stereocenters. The number of hydrogen-bond acceptors (Lipinski definition) is 12. The summed E-state index contributed by atoms with van der Waals surface area (Å²) in [5, 5.41) is 36.3. The van der Waals surface area contributed by atoms with E-state index in [1.54, 1.807) is 14.7 Å². The van der Waals surface area contributed by atoms with Gasteiger partial charge in [-0.05, 0) is 18.6 Å². The Morgan fingerprint density at radius 1 is 0.600 bits per heavy atom. The van der Waals surface area contributed by atoms with Gasteiger partial charge in [0.15, 0.2) is 0 Å². The monoisotopic (exact) mass is 660 g/mol. The Kier molecular flexibility index (Phi) is 20.1. The van der Waals surface area contributed by atoms with E-state index < -0.39 is 17.9 Å². The van der Waals surface area contributed by atoms with E-state index in [0.717, 1.165) is 25.0 Å². The standard InChI is InChI=1S/C21H39N5O7S.Gd/c27-18(22-4-2-1-3-13-34)14-23-5-7-24(15-19(28)29)9-11-26(17-21(32)33)12-10-25(8-6-23)16-20(30)31;/h34H,1-17H2,(H,22,27)(H,28,29)(H,30,31)(H,32,33);/q;+3/p-3. The Bertz CT molecular complexity index is 630. The van der Waals surface area contributed by atoms with Crippen LogP contribution in [0.4, 0.5) is 0 Å². The first-order chi connectivity index (χ1) is 16.2. The molecule has 1 radical (unpaired) electrons. The van der Waals surface area contributed by atoms with Gasteiger partial charge in [-0.15, -0.1) is 0 Å². The molecule has 0 unspecified atom stereocenters. The van der Waals surface area contributed by atoms with Crippen LogP contribution in [0, 0.1) is 39.9 Å². The second kappa shape index (κ2) is 20.5. The van der Waals surface area contributed by atoms with E-state index in [2.05, 4.69) is 17.9 Å². The molecule has 0 aromatic rings. The summed E-state index contributed by atoms with van der Waals surface area (Å²) in [6.07, 6.45) is 2.81.